The molecule has 13 heavy (non-hydrogen) atoms. The maximum absolute atomic E-state index is 11.1. The van der Waals surface area contributed by atoms with Gasteiger partial charge in [-0.25, -0.2) is 3.96 Å². The van der Waals surface area contributed by atoms with E-state index >= 15 is 0 Å². The highest BCUT2D eigenvalue weighted by molar-refractivity contribution is 6.99. The van der Waals surface area contributed by atoms with Crippen molar-refractivity contribution in [3.63, 3.8) is 0 Å². The monoisotopic (exact) mass is 218 g/mol. The van der Waals surface area contributed by atoms with Crippen LogP contribution in [0.2, 0.25) is 25.7 Å². The summed E-state index contributed by atoms with van der Waals surface area (Å²) in [6, 6.07) is 1.03. The van der Waals surface area contributed by atoms with Crippen LogP contribution in [0, 0.1) is 0 Å². The molecule has 0 aromatic carbocycles. The van der Waals surface area contributed by atoms with E-state index in [1.807, 2.05) is 0 Å². The molecule has 0 radical (unpaired) electrons. The van der Waals surface area contributed by atoms with Crippen LogP contribution in [0.4, 0.5) is 0 Å². The summed E-state index contributed by atoms with van der Waals surface area (Å²) >= 11 is 1.11. The predicted octanol–water partition coefficient (Wildman–Crippen LogP) is 0.936. The van der Waals surface area contributed by atoms with E-state index in [9.17, 15) is 9.59 Å². The fraction of sp³-hybridized carbons (Fsp3) is 0.714. The van der Waals surface area contributed by atoms with Gasteiger partial charge in [-0.1, -0.05) is 19.6 Å². The largest absolute Gasteiger partial charge is 0.327 e. The van der Waals surface area contributed by atoms with Crippen molar-refractivity contribution in [3.05, 3.63) is 20.7 Å². The normalized spacial score (nSPS) is 11.9. The molecule has 0 bridgehead atoms. The second kappa shape index (κ2) is 3.63. The van der Waals surface area contributed by atoms with Crippen molar-refractivity contribution >= 4 is 19.8 Å². The van der Waals surface area contributed by atoms with Crippen molar-refractivity contribution in [1.29, 1.82) is 0 Å². The molecule has 0 aliphatic rings. The van der Waals surface area contributed by atoms with Crippen LogP contribution in [-0.4, -0.2) is 16.4 Å². The molecule has 0 fully saturated rings. The number of hydrogen-bond donors (Lipinski definition) is 1. The van der Waals surface area contributed by atoms with E-state index in [1.54, 1.807) is 0 Å². The number of rotatable bonds is 3. The highest BCUT2D eigenvalue weighted by atomic mass is 32.1. The Balaban J connectivity index is 2.72. The van der Waals surface area contributed by atoms with Gasteiger partial charge in [-0.15, -0.1) is 0 Å². The number of nitrogens with zero attached hydrogens (tertiary/aromatic N) is 1. The number of hydrogen-bond acceptors (Lipinski definition) is 3. The van der Waals surface area contributed by atoms with Gasteiger partial charge in [0.05, 0.1) is 0 Å². The Morgan fingerprint density at radius 1 is 1.38 bits per heavy atom. The maximum atomic E-state index is 11.1. The zero-order valence-corrected chi connectivity index (χ0v) is 9.90. The molecule has 0 saturated heterocycles. The lowest BCUT2D eigenvalue weighted by Gasteiger charge is -2.14. The summed E-state index contributed by atoms with van der Waals surface area (Å²) in [6.07, 6.45) is 0. The molecule has 0 unspecified atom stereocenters. The zero-order chi connectivity index (χ0) is 10.1. The third kappa shape index (κ3) is 2.96. The van der Waals surface area contributed by atoms with Crippen LogP contribution in [-0.2, 0) is 6.54 Å². The van der Waals surface area contributed by atoms with Gasteiger partial charge in [-0.2, -0.15) is 0 Å². The van der Waals surface area contributed by atoms with Crippen molar-refractivity contribution in [1.82, 2.24) is 8.33 Å². The Labute approximate surface area is 81.5 Å². The Morgan fingerprint density at radius 2 is 2.00 bits per heavy atom. The van der Waals surface area contributed by atoms with Crippen molar-refractivity contribution in [2.24, 2.45) is 0 Å². The van der Waals surface area contributed by atoms with Crippen LogP contribution in [0.15, 0.2) is 9.59 Å². The van der Waals surface area contributed by atoms with Gasteiger partial charge in [0.2, 0.25) is 0 Å². The summed E-state index contributed by atoms with van der Waals surface area (Å²) in [5.74, 6) is 0. The fourth-order valence-electron chi connectivity index (χ4n) is 0.879. The molecule has 0 atom stereocenters. The molecule has 0 amide bonds. The zero-order valence-electron chi connectivity index (χ0n) is 8.09. The highest BCUT2D eigenvalue weighted by Gasteiger charge is 2.14. The Morgan fingerprint density at radius 3 is 2.38 bits per heavy atom. The summed E-state index contributed by atoms with van der Waals surface area (Å²) < 4.78 is 3.93. The molecular weight excluding hydrogens is 204 g/mol. The first kappa shape index (κ1) is 10.5. The van der Waals surface area contributed by atoms with Crippen LogP contribution in [0.25, 0.3) is 0 Å². The molecule has 4 nitrogen and oxygen atoms in total. The average Bonchev–Trinajstić information content (AvgIpc) is 2.29. The van der Waals surface area contributed by atoms with Gasteiger partial charge in [-0.3, -0.25) is 14.0 Å². The molecule has 0 saturated carbocycles. The van der Waals surface area contributed by atoms with Crippen LogP contribution < -0.4 is 11.1 Å². The lowest BCUT2D eigenvalue weighted by Crippen LogP contribution is -2.30. The minimum absolute atomic E-state index is 0.414. The Hall–Kier alpha value is -0.623. The van der Waals surface area contributed by atoms with Gasteiger partial charge >= 0.3 is 11.1 Å². The van der Waals surface area contributed by atoms with Crippen LogP contribution in [0.1, 0.15) is 0 Å². The SMILES string of the molecule is C[Si](C)(C)CCn1s[nH]c(=O)c1=O. The van der Waals surface area contributed by atoms with Gasteiger partial charge in [0.25, 0.3) is 0 Å². The first-order chi connectivity index (χ1) is 5.90. The van der Waals surface area contributed by atoms with Crippen molar-refractivity contribution < 1.29 is 0 Å². The molecule has 1 rings (SSSR count). The first-order valence-corrected chi connectivity index (χ1v) is 8.67. The molecular formula is C7H14N2O2SSi. The smallest absolute Gasteiger partial charge is 0.262 e. The summed E-state index contributed by atoms with van der Waals surface area (Å²) in [7, 11) is -1.12. The number of aromatic amines is 1. The summed E-state index contributed by atoms with van der Waals surface area (Å²) in [6.45, 7) is 7.41. The summed E-state index contributed by atoms with van der Waals surface area (Å²) in [5, 5.41) is 0. The maximum Gasteiger partial charge on any atom is 0.327 e. The van der Waals surface area contributed by atoms with E-state index in [2.05, 4.69) is 24.0 Å². The van der Waals surface area contributed by atoms with E-state index in [1.165, 1.54) is 3.96 Å². The molecule has 1 aromatic heterocycles. The lowest BCUT2D eigenvalue weighted by molar-refractivity contribution is 0.792. The minimum Gasteiger partial charge on any atom is -0.262 e. The topological polar surface area (TPSA) is 54.9 Å². The molecule has 0 aliphatic heterocycles. The standard InChI is InChI=1S/C7H14N2O2SSi/c1-13(2,3)5-4-9-7(11)6(10)8-12-9/h4-5H2,1-3H3,(H,8,10). The highest BCUT2D eigenvalue weighted by Crippen LogP contribution is 2.08. The average molecular weight is 218 g/mol. The van der Waals surface area contributed by atoms with E-state index in [4.69, 9.17) is 0 Å². The van der Waals surface area contributed by atoms with Gasteiger partial charge in [0.15, 0.2) is 0 Å². The van der Waals surface area contributed by atoms with Crippen molar-refractivity contribution in [2.45, 2.75) is 32.2 Å². The van der Waals surface area contributed by atoms with E-state index in [-0.39, 0.29) is 0 Å². The molecule has 1 aromatic rings. The molecule has 1 N–H and O–H groups in total. The van der Waals surface area contributed by atoms with E-state index in [0.29, 0.717) is 6.54 Å². The summed E-state index contributed by atoms with van der Waals surface area (Å²) in [4.78, 5) is 21.9. The van der Waals surface area contributed by atoms with Crippen LogP contribution in [0.5, 0.6) is 0 Å². The first-order valence-electron chi connectivity index (χ1n) is 4.19. The van der Waals surface area contributed by atoms with E-state index in [0.717, 1.165) is 17.8 Å². The Bertz CT molecular complexity index is 384. The van der Waals surface area contributed by atoms with Gasteiger partial charge in [-0.05, 0) is 6.04 Å². The van der Waals surface area contributed by atoms with Crippen molar-refractivity contribution in [3.8, 4) is 0 Å². The number of H-pyrrole nitrogens is 1. The third-order valence-electron chi connectivity index (χ3n) is 1.73. The Kier molecular flexibility index (Phi) is 2.92. The second-order valence-corrected chi connectivity index (χ2v) is 10.7. The number of aryl methyl sites for hydroxylation is 1. The summed E-state index contributed by atoms with van der Waals surface area (Å²) in [5.41, 5.74) is -0.913. The number of nitrogens with one attached hydrogen (secondary N) is 1. The molecule has 0 spiro atoms. The molecule has 6 heteroatoms. The fourth-order valence-corrected chi connectivity index (χ4v) is 2.56. The van der Waals surface area contributed by atoms with Gasteiger partial charge < -0.3 is 0 Å². The quantitative estimate of drug-likeness (QED) is 0.606. The second-order valence-electron chi connectivity index (χ2n) is 4.24. The predicted molar refractivity (Wildman–Crippen MR) is 57.4 cm³/mol. The number of aromatic nitrogens is 2. The van der Waals surface area contributed by atoms with E-state index < -0.39 is 19.2 Å². The van der Waals surface area contributed by atoms with Crippen molar-refractivity contribution in [2.75, 3.05) is 0 Å². The van der Waals surface area contributed by atoms with Crippen LogP contribution >= 0.6 is 11.7 Å². The lowest BCUT2D eigenvalue weighted by atomic mass is 10.7. The van der Waals surface area contributed by atoms with Gasteiger partial charge in [0, 0.05) is 26.3 Å². The molecule has 1 heterocycles. The molecule has 74 valence electrons. The minimum atomic E-state index is -1.12. The van der Waals surface area contributed by atoms with Gasteiger partial charge in [0.1, 0.15) is 0 Å². The molecule has 0 aliphatic carbocycles. The van der Waals surface area contributed by atoms with Crippen LogP contribution in [0.3, 0.4) is 0 Å². The third-order valence-corrected chi connectivity index (χ3v) is 4.30.